The number of hydrogen-bond acceptors (Lipinski definition) is 3. The number of amides is 3. The van der Waals surface area contributed by atoms with Crippen molar-refractivity contribution in [2.75, 3.05) is 17.2 Å². The van der Waals surface area contributed by atoms with Crippen LogP contribution in [0.2, 0.25) is 0 Å². The molecule has 138 valence electrons. The summed E-state index contributed by atoms with van der Waals surface area (Å²) in [6, 6.07) is 13.3. The average molecular weight is 363 g/mol. The fourth-order valence-corrected chi connectivity index (χ4v) is 2.98. The fraction of sp³-hybridized carbons (Fsp3) is 0.250. The highest BCUT2D eigenvalue weighted by Crippen LogP contribution is 2.29. The molecule has 2 aromatic carbocycles. The van der Waals surface area contributed by atoms with Crippen molar-refractivity contribution < 1.29 is 9.59 Å². The van der Waals surface area contributed by atoms with Crippen molar-refractivity contribution in [3.05, 3.63) is 42.5 Å². The summed E-state index contributed by atoms with van der Waals surface area (Å²) >= 11 is 0. The van der Waals surface area contributed by atoms with Crippen molar-refractivity contribution in [2.24, 2.45) is 5.92 Å². The zero-order chi connectivity index (χ0) is 18.8. The number of aromatic nitrogens is 2. The third kappa shape index (κ3) is 4.08. The second-order valence-electron chi connectivity index (χ2n) is 6.87. The second-order valence-corrected chi connectivity index (χ2v) is 6.87. The van der Waals surface area contributed by atoms with Crippen molar-refractivity contribution in [2.45, 2.75) is 19.8 Å². The molecular weight excluding hydrogens is 342 g/mol. The van der Waals surface area contributed by atoms with E-state index in [9.17, 15) is 9.59 Å². The van der Waals surface area contributed by atoms with E-state index < -0.39 is 0 Å². The van der Waals surface area contributed by atoms with E-state index in [1.807, 2.05) is 42.5 Å². The first-order valence-corrected chi connectivity index (χ1v) is 8.99. The standard InChI is InChI=1S/C20H21N5O2/c1-12(26)22-16-4-2-3-14(9-16)15-7-8-17-18(10-15)24-25-19(17)23-20(27)21-11-13-5-6-13/h2-4,7-10,13H,5-6,11H2,1H3,(H,22,26)(H3,21,23,24,25,27). The lowest BCUT2D eigenvalue weighted by atomic mass is 10.0. The monoisotopic (exact) mass is 363 g/mol. The minimum atomic E-state index is -0.234. The first-order valence-electron chi connectivity index (χ1n) is 8.99. The molecule has 27 heavy (non-hydrogen) atoms. The van der Waals surface area contributed by atoms with Crippen LogP contribution in [0, 0.1) is 5.92 Å². The van der Waals surface area contributed by atoms with Gasteiger partial charge in [0.05, 0.1) is 5.52 Å². The first kappa shape index (κ1) is 17.1. The molecule has 0 aliphatic heterocycles. The maximum atomic E-state index is 12.0. The molecule has 4 rings (SSSR count). The number of carbonyl (C=O) groups is 2. The van der Waals surface area contributed by atoms with Crippen LogP contribution in [0.4, 0.5) is 16.3 Å². The van der Waals surface area contributed by atoms with Gasteiger partial charge in [0.25, 0.3) is 0 Å². The van der Waals surface area contributed by atoms with Gasteiger partial charge in [-0.05, 0) is 54.2 Å². The summed E-state index contributed by atoms with van der Waals surface area (Å²) in [5, 5.41) is 16.5. The van der Waals surface area contributed by atoms with Gasteiger partial charge in [0.15, 0.2) is 5.82 Å². The molecule has 0 saturated heterocycles. The number of H-pyrrole nitrogens is 1. The van der Waals surface area contributed by atoms with Gasteiger partial charge in [0, 0.05) is 24.5 Å². The molecule has 0 radical (unpaired) electrons. The van der Waals surface area contributed by atoms with Crippen LogP contribution in [-0.4, -0.2) is 28.7 Å². The van der Waals surface area contributed by atoms with E-state index in [1.54, 1.807) is 0 Å². The molecule has 3 amide bonds. The van der Waals surface area contributed by atoms with Gasteiger partial charge in [-0.2, -0.15) is 5.10 Å². The lowest BCUT2D eigenvalue weighted by molar-refractivity contribution is -0.114. The number of anilines is 2. The topological polar surface area (TPSA) is 98.9 Å². The van der Waals surface area contributed by atoms with Crippen molar-refractivity contribution in [1.82, 2.24) is 15.5 Å². The van der Waals surface area contributed by atoms with Gasteiger partial charge < -0.3 is 10.6 Å². The van der Waals surface area contributed by atoms with Gasteiger partial charge in [-0.1, -0.05) is 18.2 Å². The van der Waals surface area contributed by atoms with Gasteiger partial charge in [-0.3, -0.25) is 15.2 Å². The van der Waals surface area contributed by atoms with Crippen LogP contribution in [0.15, 0.2) is 42.5 Å². The predicted octanol–water partition coefficient (Wildman–Crippen LogP) is 3.72. The number of aromatic amines is 1. The Hall–Kier alpha value is -3.35. The largest absolute Gasteiger partial charge is 0.338 e. The van der Waals surface area contributed by atoms with Crippen LogP contribution in [0.25, 0.3) is 22.0 Å². The number of carbonyl (C=O) groups excluding carboxylic acids is 2. The van der Waals surface area contributed by atoms with Crippen LogP contribution in [0.1, 0.15) is 19.8 Å². The van der Waals surface area contributed by atoms with E-state index >= 15 is 0 Å². The molecule has 1 aromatic heterocycles. The highest BCUT2D eigenvalue weighted by atomic mass is 16.2. The lowest BCUT2D eigenvalue weighted by Crippen LogP contribution is -2.30. The summed E-state index contributed by atoms with van der Waals surface area (Å²) in [6.45, 7) is 2.20. The second kappa shape index (κ2) is 7.11. The summed E-state index contributed by atoms with van der Waals surface area (Å²) in [7, 11) is 0. The van der Waals surface area contributed by atoms with Gasteiger partial charge >= 0.3 is 6.03 Å². The van der Waals surface area contributed by atoms with E-state index in [0.29, 0.717) is 18.3 Å². The number of urea groups is 1. The molecule has 0 bridgehead atoms. The minimum absolute atomic E-state index is 0.105. The molecule has 1 fully saturated rings. The highest BCUT2D eigenvalue weighted by Gasteiger charge is 2.21. The van der Waals surface area contributed by atoms with Crippen LogP contribution in [0.3, 0.4) is 0 Å². The van der Waals surface area contributed by atoms with Crippen molar-refractivity contribution in [3.63, 3.8) is 0 Å². The van der Waals surface area contributed by atoms with Crippen molar-refractivity contribution >= 4 is 34.3 Å². The Morgan fingerprint density at radius 3 is 2.70 bits per heavy atom. The van der Waals surface area contributed by atoms with Gasteiger partial charge in [-0.25, -0.2) is 4.79 Å². The summed E-state index contributed by atoms with van der Waals surface area (Å²) in [5.41, 5.74) is 3.55. The summed E-state index contributed by atoms with van der Waals surface area (Å²) in [5.74, 6) is 1.03. The van der Waals surface area contributed by atoms with Crippen LogP contribution >= 0.6 is 0 Å². The van der Waals surface area contributed by atoms with Gasteiger partial charge in [-0.15, -0.1) is 0 Å². The number of benzene rings is 2. The maximum absolute atomic E-state index is 12.0. The molecule has 4 N–H and O–H groups in total. The van der Waals surface area contributed by atoms with E-state index in [0.717, 1.165) is 27.7 Å². The number of fused-ring (bicyclic) bond motifs is 1. The number of rotatable bonds is 5. The Kier molecular flexibility index (Phi) is 4.50. The predicted molar refractivity (Wildman–Crippen MR) is 106 cm³/mol. The summed E-state index contributed by atoms with van der Waals surface area (Å²) < 4.78 is 0. The maximum Gasteiger partial charge on any atom is 0.320 e. The Labute approximate surface area is 156 Å². The lowest BCUT2D eigenvalue weighted by Gasteiger charge is -2.07. The SMILES string of the molecule is CC(=O)Nc1cccc(-c2ccc3c(NC(=O)NCC4CC4)n[nH]c3c2)c1. The molecule has 7 heteroatoms. The van der Waals surface area contributed by atoms with E-state index in [-0.39, 0.29) is 11.9 Å². The summed E-state index contributed by atoms with van der Waals surface area (Å²) in [6.07, 6.45) is 2.38. The Morgan fingerprint density at radius 2 is 1.93 bits per heavy atom. The molecule has 3 aromatic rings. The smallest absolute Gasteiger partial charge is 0.320 e. The van der Waals surface area contributed by atoms with E-state index in [2.05, 4.69) is 26.1 Å². The molecule has 0 atom stereocenters. The molecule has 7 nitrogen and oxygen atoms in total. The molecule has 1 aliphatic rings. The number of nitrogens with one attached hydrogen (secondary N) is 4. The fourth-order valence-electron chi connectivity index (χ4n) is 2.98. The Morgan fingerprint density at radius 1 is 1.11 bits per heavy atom. The Bertz CT molecular complexity index is 1010. The first-order chi connectivity index (χ1) is 13.1. The van der Waals surface area contributed by atoms with E-state index in [4.69, 9.17) is 0 Å². The number of hydrogen-bond donors (Lipinski definition) is 4. The summed E-state index contributed by atoms with van der Waals surface area (Å²) in [4.78, 5) is 23.2. The quantitative estimate of drug-likeness (QED) is 0.556. The van der Waals surface area contributed by atoms with Crippen molar-refractivity contribution in [3.8, 4) is 11.1 Å². The molecule has 1 heterocycles. The zero-order valence-electron chi connectivity index (χ0n) is 15.0. The zero-order valence-corrected chi connectivity index (χ0v) is 15.0. The highest BCUT2D eigenvalue weighted by molar-refractivity contribution is 6.00. The Balaban J connectivity index is 1.53. The third-order valence-corrected chi connectivity index (χ3v) is 4.56. The van der Waals surface area contributed by atoms with Crippen LogP contribution in [-0.2, 0) is 4.79 Å². The average Bonchev–Trinajstić information content (AvgIpc) is 3.40. The molecule has 1 saturated carbocycles. The normalized spacial score (nSPS) is 13.4. The van der Waals surface area contributed by atoms with E-state index in [1.165, 1.54) is 19.8 Å². The van der Waals surface area contributed by atoms with Crippen molar-refractivity contribution in [1.29, 1.82) is 0 Å². The van der Waals surface area contributed by atoms with Gasteiger partial charge in [0.1, 0.15) is 0 Å². The number of nitrogens with zero attached hydrogens (tertiary/aromatic N) is 1. The van der Waals surface area contributed by atoms with Gasteiger partial charge in [0.2, 0.25) is 5.91 Å². The molecule has 0 spiro atoms. The van der Waals surface area contributed by atoms with Crippen LogP contribution in [0.5, 0.6) is 0 Å². The minimum Gasteiger partial charge on any atom is -0.338 e. The molecule has 0 unspecified atom stereocenters. The van der Waals surface area contributed by atoms with Crippen LogP contribution < -0.4 is 16.0 Å². The third-order valence-electron chi connectivity index (χ3n) is 4.56. The molecule has 1 aliphatic carbocycles. The molecular formula is C20H21N5O2.